The molecule has 96 valence electrons. The molecule has 1 unspecified atom stereocenters. The zero-order valence-corrected chi connectivity index (χ0v) is 10.2. The lowest BCUT2D eigenvalue weighted by molar-refractivity contribution is -0.153. The van der Waals surface area contributed by atoms with Gasteiger partial charge in [0.1, 0.15) is 11.8 Å². The molecule has 2 aliphatic heterocycles. The quantitative estimate of drug-likeness (QED) is 0.789. The van der Waals surface area contributed by atoms with E-state index in [4.69, 9.17) is 4.42 Å². The molecule has 1 atom stereocenters. The van der Waals surface area contributed by atoms with E-state index in [-0.39, 0.29) is 24.4 Å². The van der Waals surface area contributed by atoms with Gasteiger partial charge in [0.15, 0.2) is 0 Å². The predicted molar refractivity (Wildman–Crippen MR) is 63.7 cm³/mol. The summed E-state index contributed by atoms with van der Waals surface area (Å²) < 4.78 is 5.24. The van der Waals surface area contributed by atoms with E-state index in [9.17, 15) is 9.59 Å². The molecule has 5 nitrogen and oxygen atoms in total. The summed E-state index contributed by atoms with van der Waals surface area (Å²) >= 11 is 0. The number of nitrogens with zero attached hydrogens (tertiary/aromatic N) is 2. The van der Waals surface area contributed by atoms with E-state index in [0.717, 1.165) is 25.1 Å². The molecule has 2 saturated heterocycles. The Balaban J connectivity index is 1.65. The third kappa shape index (κ3) is 1.89. The Morgan fingerprint density at radius 2 is 2.28 bits per heavy atom. The van der Waals surface area contributed by atoms with Gasteiger partial charge >= 0.3 is 0 Å². The summed E-state index contributed by atoms with van der Waals surface area (Å²) in [5, 5.41) is 0. The number of hydrogen-bond donors (Lipinski definition) is 0. The highest BCUT2D eigenvalue weighted by molar-refractivity contribution is 5.95. The summed E-state index contributed by atoms with van der Waals surface area (Å²) in [4.78, 5) is 27.5. The molecule has 2 aliphatic rings. The highest BCUT2D eigenvalue weighted by Crippen LogP contribution is 2.23. The van der Waals surface area contributed by atoms with Crippen LogP contribution in [0.5, 0.6) is 0 Å². The second-order valence-corrected chi connectivity index (χ2v) is 4.83. The van der Waals surface area contributed by atoms with E-state index in [1.54, 1.807) is 16.1 Å². The van der Waals surface area contributed by atoms with Crippen LogP contribution >= 0.6 is 0 Å². The maximum Gasteiger partial charge on any atom is 0.245 e. The molecule has 2 fully saturated rings. The number of rotatable bonds is 3. The van der Waals surface area contributed by atoms with Crippen LogP contribution in [-0.2, 0) is 16.0 Å². The van der Waals surface area contributed by atoms with E-state index in [2.05, 4.69) is 0 Å². The third-order valence-electron chi connectivity index (χ3n) is 3.70. The van der Waals surface area contributed by atoms with Crippen molar-refractivity contribution in [1.29, 1.82) is 0 Å². The Morgan fingerprint density at radius 3 is 3.06 bits per heavy atom. The summed E-state index contributed by atoms with van der Waals surface area (Å²) in [6, 6.07) is 3.51. The molecule has 0 aliphatic carbocycles. The summed E-state index contributed by atoms with van der Waals surface area (Å²) in [5.74, 6) is 1.03. The molecule has 0 N–H and O–H groups in total. The normalized spacial score (nSPS) is 23.7. The molecule has 5 heteroatoms. The fourth-order valence-electron chi connectivity index (χ4n) is 2.75. The molecule has 0 saturated carbocycles. The highest BCUT2D eigenvalue weighted by Gasteiger charge is 2.41. The van der Waals surface area contributed by atoms with E-state index in [0.29, 0.717) is 13.0 Å². The molecule has 2 amide bonds. The topological polar surface area (TPSA) is 53.8 Å². The van der Waals surface area contributed by atoms with E-state index in [1.165, 1.54) is 0 Å². The molecule has 3 heterocycles. The average molecular weight is 248 g/mol. The van der Waals surface area contributed by atoms with Gasteiger partial charge in [-0.1, -0.05) is 0 Å². The Kier molecular flexibility index (Phi) is 2.81. The van der Waals surface area contributed by atoms with Gasteiger partial charge in [-0.3, -0.25) is 9.59 Å². The van der Waals surface area contributed by atoms with E-state index >= 15 is 0 Å². The van der Waals surface area contributed by atoms with Crippen LogP contribution in [0.25, 0.3) is 0 Å². The number of hydrogen-bond acceptors (Lipinski definition) is 3. The van der Waals surface area contributed by atoms with Crippen molar-refractivity contribution in [1.82, 2.24) is 9.80 Å². The lowest BCUT2D eigenvalue weighted by atomic mass is 10.1. The van der Waals surface area contributed by atoms with Crippen molar-refractivity contribution >= 4 is 11.8 Å². The maximum atomic E-state index is 12.2. The minimum Gasteiger partial charge on any atom is -0.469 e. The van der Waals surface area contributed by atoms with Gasteiger partial charge in [0.25, 0.3) is 0 Å². The zero-order valence-electron chi connectivity index (χ0n) is 10.2. The van der Waals surface area contributed by atoms with Crippen molar-refractivity contribution in [3.8, 4) is 0 Å². The Morgan fingerprint density at radius 1 is 1.39 bits per heavy atom. The SMILES string of the molecule is O=C1C2CCCN2C(=O)CN1CCc1ccco1. The fraction of sp³-hybridized carbons (Fsp3) is 0.538. The first-order chi connectivity index (χ1) is 8.75. The molecule has 18 heavy (non-hydrogen) atoms. The Hall–Kier alpha value is -1.78. The Bertz CT molecular complexity index is 455. The van der Waals surface area contributed by atoms with Gasteiger partial charge < -0.3 is 14.2 Å². The lowest BCUT2D eigenvalue weighted by Crippen LogP contribution is -2.57. The molecule has 1 aromatic rings. The number of furan rings is 1. The van der Waals surface area contributed by atoms with Gasteiger partial charge in [0.2, 0.25) is 11.8 Å². The molecule has 0 bridgehead atoms. The first-order valence-electron chi connectivity index (χ1n) is 6.36. The van der Waals surface area contributed by atoms with E-state index < -0.39 is 0 Å². The summed E-state index contributed by atoms with van der Waals surface area (Å²) in [6.07, 6.45) is 4.03. The minimum atomic E-state index is -0.206. The van der Waals surface area contributed by atoms with Crippen LogP contribution in [0.4, 0.5) is 0 Å². The Labute approximate surface area is 105 Å². The monoisotopic (exact) mass is 248 g/mol. The molecule has 0 spiro atoms. The molecular weight excluding hydrogens is 232 g/mol. The summed E-state index contributed by atoms with van der Waals surface area (Å²) in [6.45, 7) is 1.51. The van der Waals surface area contributed by atoms with Crippen molar-refractivity contribution in [2.45, 2.75) is 25.3 Å². The lowest BCUT2D eigenvalue weighted by Gasteiger charge is -2.36. The van der Waals surface area contributed by atoms with Gasteiger partial charge in [-0.05, 0) is 25.0 Å². The number of fused-ring (bicyclic) bond motifs is 1. The fourth-order valence-corrected chi connectivity index (χ4v) is 2.75. The zero-order chi connectivity index (χ0) is 12.5. The molecule has 3 rings (SSSR count). The van der Waals surface area contributed by atoms with Crippen molar-refractivity contribution in [2.75, 3.05) is 19.6 Å². The number of carbonyl (C=O) groups excluding carboxylic acids is 2. The summed E-state index contributed by atoms with van der Waals surface area (Å²) in [5.41, 5.74) is 0. The van der Waals surface area contributed by atoms with Crippen LogP contribution in [0.1, 0.15) is 18.6 Å². The van der Waals surface area contributed by atoms with Crippen LogP contribution in [0.15, 0.2) is 22.8 Å². The predicted octanol–water partition coefficient (Wildman–Crippen LogP) is 0.655. The maximum absolute atomic E-state index is 12.2. The molecule has 0 aromatic carbocycles. The van der Waals surface area contributed by atoms with Crippen molar-refractivity contribution in [3.05, 3.63) is 24.2 Å². The number of amides is 2. The minimum absolute atomic E-state index is 0.0801. The molecular formula is C13H16N2O3. The van der Waals surface area contributed by atoms with Crippen molar-refractivity contribution in [2.24, 2.45) is 0 Å². The first-order valence-corrected chi connectivity index (χ1v) is 6.36. The van der Waals surface area contributed by atoms with Crippen LogP contribution in [-0.4, -0.2) is 47.3 Å². The second-order valence-electron chi connectivity index (χ2n) is 4.83. The third-order valence-corrected chi connectivity index (χ3v) is 3.70. The van der Waals surface area contributed by atoms with Gasteiger partial charge in [-0.2, -0.15) is 0 Å². The van der Waals surface area contributed by atoms with Gasteiger partial charge in [-0.25, -0.2) is 0 Å². The van der Waals surface area contributed by atoms with Crippen molar-refractivity contribution in [3.63, 3.8) is 0 Å². The van der Waals surface area contributed by atoms with Crippen LogP contribution < -0.4 is 0 Å². The molecule has 0 radical (unpaired) electrons. The smallest absolute Gasteiger partial charge is 0.245 e. The highest BCUT2D eigenvalue weighted by atomic mass is 16.3. The van der Waals surface area contributed by atoms with Crippen LogP contribution in [0.2, 0.25) is 0 Å². The van der Waals surface area contributed by atoms with Crippen molar-refractivity contribution < 1.29 is 14.0 Å². The van der Waals surface area contributed by atoms with E-state index in [1.807, 2.05) is 12.1 Å². The van der Waals surface area contributed by atoms with Crippen LogP contribution in [0, 0.1) is 0 Å². The standard InChI is InChI=1S/C13H16N2O3/c16-12-9-14(7-5-10-3-2-8-18-10)13(17)11-4-1-6-15(11)12/h2-3,8,11H,1,4-7,9H2. The summed E-state index contributed by atoms with van der Waals surface area (Å²) in [7, 11) is 0. The largest absolute Gasteiger partial charge is 0.469 e. The second kappa shape index (κ2) is 4.48. The van der Waals surface area contributed by atoms with Gasteiger partial charge in [-0.15, -0.1) is 0 Å². The van der Waals surface area contributed by atoms with Gasteiger partial charge in [0.05, 0.1) is 12.8 Å². The average Bonchev–Trinajstić information content (AvgIpc) is 3.01. The van der Waals surface area contributed by atoms with Gasteiger partial charge in [0, 0.05) is 19.5 Å². The number of piperazine rings is 1. The molecule has 1 aromatic heterocycles. The first kappa shape index (κ1) is 11.3. The number of carbonyl (C=O) groups is 2. The van der Waals surface area contributed by atoms with Crippen LogP contribution in [0.3, 0.4) is 0 Å².